The Labute approximate surface area is 117 Å². The zero-order valence-electron chi connectivity index (χ0n) is 11.6. The normalized spacial score (nSPS) is 13.4. The van der Waals surface area contributed by atoms with E-state index in [1.807, 2.05) is 4.72 Å². The maximum absolute atomic E-state index is 13.8. The van der Waals surface area contributed by atoms with E-state index in [4.69, 9.17) is 5.11 Å². The van der Waals surface area contributed by atoms with Gasteiger partial charge in [-0.2, -0.15) is 4.72 Å². The number of nitrogens with one attached hydrogen (secondary N) is 1. The molecule has 0 aromatic heterocycles. The third-order valence-corrected chi connectivity index (χ3v) is 4.24. The summed E-state index contributed by atoms with van der Waals surface area (Å²) in [7, 11) is -4.21. The topological polar surface area (TPSA) is 83.5 Å². The molecule has 0 saturated heterocycles. The highest BCUT2D eigenvalue weighted by Gasteiger charge is 2.28. The fourth-order valence-corrected chi connectivity index (χ4v) is 3.10. The fraction of sp³-hybridized carbons (Fsp3) is 0.462. The van der Waals surface area contributed by atoms with E-state index < -0.39 is 32.7 Å². The minimum Gasteiger partial charge on any atom is -0.480 e. The number of carboxylic acids is 1. The van der Waals surface area contributed by atoms with E-state index >= 15 is 0 Å². The molecule has 0 bridgehead atoms. The van der Waals surface area contributed by atoms with E-state index in [0.29, 0.717) is 0 Å². The lowest BCUT2D eigenvalue weighted by atomic mass is 10.1. The van der Waals surface area contributed by atoms with Gasteiger partial charge in [0, 0.05) is 0 Å². The second kappa shape index (κ2) is 6.32. The summed E-state index contributed by atoms with van der Waals surface area (Å²) in [6, 6.07) is 2.68. The van der Waals surface area contributed by atoms with Gasteiger partial charge in [0.2, 0.25) is 10.0 Å². The van der Waals surface area contributed by atoms with Gasteiger partial charge in [-0.05, 0) is 30.9 Å². The summed E-state index contributed by atoms with van der Waals surface area (Å²) in [6.07, 6.45) is 0.127. The molecule has 1 rings (SSSR count). The van der Waals surface area contributed by atoms with Crippen LogP contribution in [0.5, 0.6) is 0 Å². The Morgan fingerprint density at radius 1 is 1.40 bits per heavy atom. The molecular formula is C13H18FNO4S. The van der Waals surface area contributed by atoms with Crippen molar-refractivity contribution in [2.24, 2.45) is 5.92 Å². The average molecular weight is 303 g/mol. The molecule has 2 N–H and O–H groups in total. The number of sulfonamides is 1. The summed E-state index contributed by atoms with van der Waals surface area (Å²) in [5, 5.41) is 9.04. The first-order valence-electron chi connectivity index (χ1n) is 6.15. The number of carbonyl (C=O) groups is 1. The van der Waals surface area contributed by atoms with Crippen molar-refractivity contribution in [3.8, 4) is 0 Å². The zero-order chi connectivity index (χ0) is 15.5. The molecule has 20 heavy (non-hydrogen) atoms. The van der Waals surface area contributed by atoms with Gasteiger partial charge >= 0.3 is 5.97 Å². The van der Waals surface area contributed by atoms with Crippen LogP contribution < -0.4 is 4.72 Å². The van der Waals surface area contributed by atoms with E-state index in [1.54, 1.807) is 13.8 Å². The van der Waals surface area contributed by atoms with E-state index in [2.05, 4.69) is 0 Å². The highest BCUT2D eigenvalue weighted by Crippen LogP contribution is 2.18. The number of hydrogen-bond acceptors (Lipinski definition) is 3. The molecule has 0 aliphatic carbocycles. The van der Waals surface area contributed by atoms with E-state index in [1.165, 1.54) is 19.1 Å². The summed E-state index contributed by atoms with van der Waals surface area (Å²) in [6.45, 7) is 4.99. The van der Waals surface area contributed by atoms with Gasteiger partial charge in [-0.3, -0.25) is 4.79 Å². The monoisotopic (exact) mass is 303 g/mol. The van der Waals surface area contributed by atoms with Crippen LogP contribution in [0.25, 0.3) is 0 Å². The minimum absolute atomic E-state index is 0.0128. The van der Waals surface area contributed by atoms with Crippen molar-refractivity contribution in [3.63, 3.8) is 0 Å². The molecule has 0 saturated carbocycles. The molecule has 1 aromatic carbocycles. The standard InChI is InChI=1S/C13H18FNO4S/c1-8(2)7-10(13(16)17)15-20(18,19)11-6-4-5-9(3)12(11)14/h4-6,8,10,15H,7H2,1-3H3,(H,16,17)/t10-/m1/s1. The highest BCUT2D eigenvalue weighted by atomic mass is 32.2. The van der Waals surface area contributed by atoms with Crippen LogP contribution in [0.2, 0.25) is 0 Å². The minimum atomic E-state index is -4.21. The van der Waals surface area contributed by atoms with Crippen LogP contribution in [-0.4, -0.2) is 25.5 Å². The Morgan fingerprint density at radius 2 is 2.00 bits per heavy atom. The molecular weight excluding hydrogens is 285 g/mol. The lowest BCUT2D eigenvalue weighted by Gasteiger charge is -2.17. The summed E-state index contributed by atoms with van der Waals surface area (Å²) < 4.78 is 40.1. The number of benzene rings is 1. The van der Waals surface area contributed by atoms with Crippen molar-refractivity contribution in [2.45, 2.75) is 38.1 Å². The third kappa shape index (κ3) is 4.01. The second-order valence-electron chi connectivity index (χ2n) is 5.03. The molecule has 0 radical (unpaired) electrons. The van der Waals surface area contributed by atoms with Crippen molar-refractivity contribution in [1.82, 2.24) is 4.72 Å². The van der Waals surface area contributed by atoms with Crippen LogP contribution in [0.15, 0.2) is 23.1 Å². The molecule has 1 atom stereocenters. The van der Waals surface area contributed by atoms with Gasteiger partial charge < -0.3 is 5.11 Å². The van der Waals surface area contributed by atoms with E-state index in [0.717, 1.165) is 6.07 Å². The Morgan fingerprint density at radius 3 is 2.50 bits per heavy atom. The smallest absolute Gasteiger partial charge is 0.321 e. The lowest BCUT2D eigenvalue weighted by molar-refractivity contribution is -0.139. The SMILES string of the molecule is Cc1cccc(S(=O)(=O)N[C@H](CC(C)C)C(=O)O)c1F. The molecule has 0 heterocycles. The van der Waals surface area contributed by atoms with Crippen molar-refractivity contribution in [3.05, 3.63) is 29.6 Å². The van der Waals surface area contributed by atoms with Crippen molar-refractivity contribution in [2.75, 3.05) is 0 Å². The van der Waals surface area contributed by atoms with Gasteiger partial charge in [0.1, 0.15) is 16.8 Å². The Hall–Kier alpha value is -1.47. The molecule has 0 fully saturated rings. The molecule has 0 aliphatic rings. The molecule has 7 heteroatoms. The largest absolute Gasteiger partial charge is 0.480 e. The first kappa shape index (κ1) is 16.6. The van der Waals surface area contributed by atoms with Crippen LogP contribution in [-0.2, 0) is 14.8 Å². The molecule has 0 spiro atoms. The van der Waals surface area contributed by atoms with Gasteiger partial charge in [0.15, 0.2) is 0 Å². The fourth-order valence-electron chi connectivity index (χ4n) is 1.75. The van der Waals surface area contributed by atoms with Crippen molar-refractivity contribution < 1.29 is 22.7 Å². The number of aliphatic carboxylic acids is 1. The first-order valence-corrected chi connectivity index (χ1v) is 7.63. The maximum Gasteiger partial charge on any atom is 0.321 e. The summed E-state index contributed by atoms with van der Waals surface area (Å²) in [5.74, 6) is -2.16. The van der Waals surface area contributed by atoms with Gasteiger partial charge in [-0.1, -0.05) is 26.0 Å². The average Bonchev–Trinajstić information content (AvgIpc) is 2.30. The Balaban J connectivity index is 3.10. The third-order valence-electron chi connectivity index (χ3n) is 2.75. The Kier molecular flexibility index (Phi) is 5.24. The zero-order valence-corrected chi connectivity index (χ0v) is 12.4. The molecule has 0 amide bonds. The second-order valence-corrected chi connectivity index (χ2v) is 6.71. The van der Waals surface area contributed by atoms with Crippen LogP contribution in [0, 0.1) is 18.7 Å². The predicted octanol–water partition coefficient (Wildman–Crippen LogP) is 1.91. The van der Waals surface area contributed by atoms with Gasteiger partial charge in [0.25, 0.3) is 0 Å². The number of halogens is 1. The van der Waals surface area contributed by atoms with Gasteiger partial charge in [0.05, 0.1) is 0 Å². The van der Waals surface area contributed by atoms with E-state index in [9.17, 15) is 17.6 Å². The maximum atomic E-state index is 13.8. The van der Waals surface area contributed by atoms with E-state index in [-0.39, 0.29) is 17.9 Å². The van der Waals surface area contributed by atoms with Crippen molar-refractivity contribution in [1.29, 1.82) is 0 Å². The number of aryl methyl sites for hydroxylation is 1. The quantitative estimate of drug-likeness (QED) is 0.841. The number of hydrogen-bond donors (Lipinski definition) is 2. The first-order chi connectivity index (χ1) is 9.15. The Bertz CT molecular complexity index is 598. The van der Waals surface area contributed by atoms with Crippen LogP contribution >= 0.6 is 0 Å². The lowest BCUT2D eigenvalue weighted by Crippen LogP contribution is -2.41. The predicted molar refractivity (Wildman–Crippen MR) is 72.3 cm³/mol. The highest BCUT2D eigenvalue weighted by molar-refractivity contribution is 7.89. The number of rotatable bonds is 6. The molecule has 0 unspecified atom stereocenters. The molecule has 0 aliphatic heterocycles. The number of carboxylic acid groups (broad SMARTS) is 1. The summed E-state index contributed by atoms with van der Waals surface area (Å²) >= 11 is 0. The molecule has 112 valence electrons. The molecule has 5 nitrogen and oxygen atoms in total. The summed E-state index contributed by atoms with van der Waals surface area (Å²) in [5.41, 5.74) is 0.184. The van der Waals surface area contributed by atoms with Crippen molar-refractivity contribution >= 4 is 16.0 Å². The molecule has 1 aromatic rings. The van der Waals surface area contributed by atoms with Crippen LogP contribution in [0.1, 0.15) is 25.8 Å². The van der Waals surface area contributed by atoms with Crippen LogP contribution in [0.3, 0.4) is 0 Å². The van der Waals surface area contributed by atoms with Gasteiger partial charge in [-0.25, -0.2) is 12.8 Å². The van der Waals surface area contributed by atoms with Gasteiger partial charge in [-0.15, -0.1) is 0 Å². The summed E-state index contributed by atoms with van der Waals surface area (Å²) in [4.78, 5) is 10.5. The van der Waals surface area contributed by atoms with Crippen LogP contribution in [0.4, 0.5) is 4.39 Å².